The van der Waals surface area contributed by atoms with E-state index in [1.54, 1.807) is 0 Å². The van der Waals surface area contributed by atoms with Gasteiger partial charge < -0.3 is 0 Å². The molecule has 23 heavy (non-hydrogen) atoms. The number of nitrogens with zero attached hydrogens (tertiary/aromatic N) is 1. The maximum Gasteiger partial charge on any atom is 0.306 e. The molecule has 0 spiro atoms. The summed E-state index contributed by atoms with van der Waals surface area (Å²) in [6.45, 7) is 1.53. The third-order valence-electron chi connectivity index (χ3n) is 3.13. The minimum absolute atomic E-state index is 0.431. The molecule has 0 bridgehead atoms. The number of halogens is 2. The van der Waals surface area contributed by atoms with E-state index in [9.17, 15) is 27.3 Å². The second-order valence-electron chi connectivity index (χ2n) is 4.76. The Morgan fingerprint density at radius 3 is 2.30 bits per heavy atom. The number of hydrogen-bond donors (Lipinski definition) is 1. The largest absolute Gasteiger partial charge is 0.306 e. The molecule has 0 heterocycles. The van der Waals surface area contributed by atoms with E-state index in [0.717, 1.165) is 12.1 Å². The highest BCUT2D eigenvalue weighted by molar-refractivity contribution is 7.89. The molecule has 0 fully saturated rings. The van der Waals surface area contributed by atoms with Gasteiger partial charge in [-0.3, -0.25) is 10.1 Å². The second kappa shape index (κ2) is 6.39. The van der Waals surface area contributed by atoms with Crippen molar-refractivity contribution < 1.29 is 22.1 Å². The van der Waals surface area contributed by atoms with Crippen LogP contribution in [0.25, 0.3) is 0 Å². The van der Waals surface area contributed by atoms with Crippen LogP contribution in [-0.2, 0) is 10.0 Å². The summed E-state index contributed by atoms with van der Waals surface area (Å²) in [5.74, 6) is -1.58. The molecule has 0 amide bonds. The van der Waals surface area contributed by atoms with Crippen LogP contribution in [0.15, 0.2) is 47.4 Å². The summed E-state index contributed by atoms with van der Waals surface area (Å²) >= 11 is 0. The number of nitro groups is 1. The molecule has 2 aromatic rings. The first-order valence-electron chi connectivity index (χ1n) is 6.42. The number of sulfonamides is 1. The monoisotopic (exact) mass is 342 g/mol. The van der Waals surface area contributed by atoms with Crippen LogP contribution >= 0.6 is 0 Å². The van der Waals surface area contributed by atoms with Crippen LogP contribution in [0.3, 0.4) is 0 Å². The summed E-state index contributed by atoms with van der Waals surface area (Å²) in [7, 11) is -4.11. The minimum atomic E-state index is -4.11. The van der Waals surface area contributed by atoms with Crippen molar-refractivity contribution in [2.75, 3.05) is 0 Å². The van der Waals surface area contributed by atoms with Gasteiger partial charge in [0.05, 0.1) is 9.82 Å². The van der Waals surface area contributed by atoms with Crippen LogP contribution < -0.4 is 4.72 Å². The van der Waals surface area contributed by atoms with Crippen LogP contribution in [0.4, 0.5) is 14.5 Å². The van der Waals surface area contributed by atoms with Crippen molar-refractivity contribution in [3.8, 4) is 0 Å². The standard InChI is InChI=1S/C14H12F2N2O4S/c1-9(10-2-4-11(15)5-3-10)17-23(21,22)12-6-7-13(16)14(8-12)18(19)20/h2-9,17H,1H3/t9-/m0/s1. The molecule has 0 unspecified atom stereocenters. The van der Waals surface area contributed by atoms with Crippen molar-refractivity contribution >= 4 is 15.7 Å². The molecular formula is C14H12F2N2O4S. The number of nitro benzene ring substituents is 1. The van der Waals surface area contributed by atoms with Gasteiger partial charge in [-0.15, -0.1) is 0 Å². The van der Waals surface area contributed by atoms with Gasteiger partial charge >= 0.3 is 5.69 Å². The molecule has 6 nitrogen and oxygen atoms in total. The van der Waals surface area contributed by atoms with Gasteiger partial charge in [0, 0.05) is 12.1 Å². The maximum atomic E-state index is 13.3. The van der Waals surface area contributed by atoms with Crippen molar-refractivity contribution in [3.63, 3.8) is 0 Å². The molecule has 1 atom stereocenters. The molecule has 0 saturated heterocycles. The zero-order valence-corrected chi connectivity index (χ0v) is 12.7. The fourth-order valence-electron chi connectivity index (χ4n) is 1.92. The lowest BCUT2D eigenvalue weighted by Gasteiger charge is -2.14. The zero-order chi connectivity index (χ0) is 17.2. The van der Waals surface area contributed by atoms with Crippen LogP contribution in [0, 0.1) is 21.7 Å². The third-order valence-corrected chi connectivity index (χ3v) is 4.66. The molecule has 0 aromatic heterocycles. The molecule has 0 aliphatic carbocycles. The van der Waals surface area contributed by atoms with E-state index in [-0.39, 0.29) is 0 Å². The Kier molecular flexibility index (Phi) is 4.71. The van der Waals surface area contributed by atoms with E-state index >= 15 is 0 Å². The summed E-state index contributed by atoms with van der Waals surface area (Å²) in [6, 6.07) is 6.79. The Morgan fingerprint density at radius 2 is 1.74 bits per heavy atom. The van der Waals surface area contributed by atoms with E-state index < -0.39 is 43.2 Å². The smallest absolute Gasteiger partial charge is 0.258 e. The van der Waals surface area contributed by atoms with Gasteiger partial charge in [-0.25, -0.2) is 17.5 Å². The van der Waals surface area contributed by atoms with Crippen molar-refractivity contribution in [2.24, 2.45) is 0 Å². The normalized spacial score (nSPS) is 12.8. The Labute approximate surface area is 131 Å². The summed E-state index contributed by atoms with van der Waals surface area (Å²) in [6.07, 6.45) is 0. The van der Waals surface area contributed by atoms with Crippen LogP contribution in [0.1, 0.15) is 18.5 Å². The lowest BCUT2D eigenvalue weighted by molar-refractivity contribution is -0.387. The van der Waals surface area contributed by atoms with Crippen molar-refractivity contribution in [1.82, 2.24) is 4.72 Å². The highest BCUT2D eigenvalue weighted by Gasteiger charge is 2.23. The van der Waals surface area contributed by atoms with Gasteiger partial charge in [-0.05, 0) is 36.8 Å². The van der Waals surface area contributed by atoms with Gasteiger partial charge in [0.2, 0.25) is 15.8 Å². The van der Waals surface area contributed by atoms with Gasteiger partial charge in [-0.1, -0.05) is 12.1 Å². The first-order valence-corrected chi connectivity index (χ1v) is 7.91. The third kappa shape index (κ3) is 3.88. The number of rotatable bonds is 5. The predicted octanol–water partition coefficient (Wildman–Crippen LogP) is 2.91. The lowest BCUT2D eigenvalue weighted by atomic mass is 10.1. The van der Waals surface area contributed by atoms with E-state index in [1.807, 2.05) is 0 Å². The number of hydrogen-bond acceptors (Lipinski definition) is 4. The topological polar surface area (TPSA) is 89.3 Å². The number of nitrogens with one attached hydrogen (secondary N) is 1. The quantitative estimate of drug-likeness (QED) is 0.668. The first-order chi connectivity index (χ1) is 10.7. The van der Waals surface area contributed by atoms with Crippen LogP contribution in [0.5, 0.6) is 0 Å². The SMILES string of the molecule is C[C@H](NS(=O)(=O)c1ccc(F)c([N+](=O)[O-])c1)c1ccc(F)cc1. The maximum absolute atomic E-state index is 13.3. The summed E-state index contributed by atoms with van der Waals surface area (Å²) < 4.78 is 52.9. The average Bonchev–Trinajstić information content (AvgIpc) is 2.47. The van der Waals surface area contributed by atoms with E-state index in [1.165, 1.54) is 31.2 Å². The van der Waals surface area contributed by atoms with Gasteiger partial charge in [0.15, 0.2) is 0 Å². The first kappa shape index (κ1) is 17.0. The molecular weight excluding hydrogens is 330 g/mol. The summed E-state index contributed by atoms with van der Waals surface area (Å²) in [5, 5.41) is 10.7. The molecule has 9 heteroatoms. The molecule has 122 valence electrons. The Hall–Kier alpha value is -2.39. The number of benzene rings is 2. The van der Waals surface area contributed by atoms with Crippen LogP contribution in [0.2, 0.25) is 0 Å². The molecule has 2 aromatic carbocycles. The molecule has 1 N–H and O–H groups in total. The minimum Gasteiger partial charge on any atom is -0.258 e. The Balaban J connectivity index is 2.30. The molecule has 0 radical (unpaired) electrons. The highest BCUT2D eigenvalue weighted by atomic mass is 32.2. The van der Waals surface area contributed by atoms with E-state index in [4.69, 9.17) is 0 Å². The Morgan fingerprint density at radius 1 is 1.13 bits per heavy atom. The second-order valence-corrected chi connectivity index (χ2v) is 6.48. The summed E-state index contributed by atoms with van der Waals surface area (Å²) in [4.78, 5) is 9.26. The van der Waals surface area contributed by atoms with Crippen molar-refractivity contribution in [3.05, 3.63) is 69.8 Å². The van der Waals surface area contributed by atoms with Gasteiger partial charge in [0.25, 0.3) is 0 Å². The predicted molar refractivity (Wildman–Crippen MR) is 78.2 cm³/mol. The molecule has 2 rings (SSSR count). The van der Waals surface area contributed by atoms with E-state index in [2.05, 4.69) is 4.72 Å². The zero-order valence-electron chi connectivity index (χ0n) is 11.9. The average molecular weight is 342 g/mol. The summed E-state index contributed by atoms with van der Waals surface area (Å²) in [5.41, 5.74) is -0.422. The van der Waals surface area contributed by atoms with Crippen molar-refractivity contribution in [2.45, 2.75) is 17.9 Å². The molecule has 0 saturated carbocycles. The lowest BCUT2D eigenvalue weighted by Crippen LogP contribution is -2.27. The van der Waals surface area contributed by atoms with E-state index in [0.29, 0.717) is 11.6 Å². The van der Waals surface area contributed by atoms with Crippen molar-refractivity contribution in [1.29, 1.82) is 0 Å². The van der Waals surface area contributed by atoms with Gasteiger partial charge in [0.1, 0.15) is 5.82 Å². The fraction of sp³-hybridized carbons (Fsp3) is 0.143. The van der Waals surface area contributed by atoms with Crippen LogP contribution in [-0.4, -0.2) is 13.3 Å². The molecule has 0 aliphatic rings. The Bertz CT molecular complexity index is 838. The molecule has 0 aliphatic heterocycles. The highest BCUT2D eigenvalue weighted by Crippen LogP contribution is 2.23. The fourth-order valence-corrected chi connectivity index (χ4v) is 3.17. The van der Waals surface area contributed by atoms with Gasteiger partial charge in [-0.2, -0.15) is 4.39 Å².